The summed E-state index contributed by atoms with van der Waals surface area (Å²) in [5, 5.41) is 5.00. The Morgan fingerprint density at radius 1 is 0.211 bits per heavy atom. The molecule has 0 fully saturated rings. The van der Waals surface area contributed by atoms with Crippen LogP contribution in [0.15, 0.2) is 237 Å². The Bertz CT molecular complexity index is 2970. The van der Waals surface area contributed by atoms with Gasteiger partial charge >= 0.3 is 0 Å². The van der Waals surface area contributed by atoms with Crippen LogP contribution >= 0.6 is 0 Å². The van der Waals surface area contributed by atoms with Crippen LogP contribution in [0, 0.1) is 0 Å². The van der Waals surface area contributed by atoms with E-state index in [1.165, 1.54) is 77.2 Å². The van der Waals surface area contributed by atoms with E-state index in [1.807, 2.05) is 0 Å². The van der Waals surface area contributed by atoms with Crippen molar-refractivity contribution in [1.29, 1.82) is 0 Å². The third-order valence-electron chi connectivity index (χ3n) is 11.1. The Balaban J connectivity index is 1.07. The lowest BCUT2D eigenvalue weighted by atomic mass is 9.89. The van der Waals surface area contributed by atoms with Gasteiger partial charge in [0, 0.05) is 17.1 Å². The summed E-state index contributed by atoms with van der Waals surface area (Å²) in [4.78, 5) is 2.36. The van der Waals surface area contributed by atoms with Gasteiger partial charge in [0.25, 0.3) is 0 Å². The van der Waals surface area contributed by atoms with Gasteiger partial charge in [-0.2, -0.15) is 0 Å². The molecule has 1 heteroatoms. The van der Waals surface area contributed by atoms with E-state index in [2.05, 4.69) is 241 Å². The van der Waals surface area contributed by atoms with Crippen molar-refractivity contribution in [2.75, 3.05) is 4.90 Å². The van der Waals surface area contributed by atoms with Crippen LogP contribution < -0.4 is 4.90 Å². The van der Waals surface area contributed by atoms with Crippen molar-refractivity contribution in [3.8, 4) is 55.6 Å². The van der Waals surface area contributed by atoms with Crippen molar-refractivity contribution in [2.24, 2.45) is 0 Å². The van der Waals surface area contributed by atoms with Crippen LogP contribution in [-0.2, 0) is 0 Å². The summed E-state index contributed by atoms with van der Waals surface area (Å²) >= 11 is 0. The number of fused-ring (bicyclic) bond motifs is 2. The molecule has 0 aliphatic heterocycles. The van der Waals surface area contributed by atoms with Gasteiger partial charge in [-0.1, -0.05) is 194 Å². The van der Waals surface area contributed by atoms with Gasteiger partial charge < -0.3 is 4.90 Å². The molecule has 0 spiro atoms. The fourth-order valence-electron chi connectivity index (χ4n) is 8.25. The normalized spacial score (nSPS) is 11.2. The summed E-state index contributed by atoms with van der Waals surface area (Å²) in [6, 6.07) is 85.6. The average molecular weight is 726 g/mol. The van der Waals surface area contributed by atoms with Crippen molar-refractivity contribution in [1.82, 2.24) is 0 Å². The predicted molar refractivity (Wildman–Crippen MR) is 243 cm³/mol. The van der Waals surface area contributed by atoms with Crippen LogP contribution in [0.4, 0.5) is 17.1 Å². The van der Waals surface area contributed by atoms with Gasteiger partial charge in [-0.25, -0.2) is 0 Å². The van der Waals surface area contributed by atoms with E-state index in [9.17, 15) is 0 Å². The highest BCUT2D eigenvalue weighted by Gasteiger charge is 2.16. The first-order chi connectivity index (χ1) is 28.3. The van der Waals surface area contributed by atoms with Gasteiger partial charge in [0.15, 0.2) is 0 Å². The first-order valence-corrected chi connectivity index (χ1v) is 19.6. The number of nitrogens with zero attached hydrogens (tertiary/aromatic N) is 1. The fourth-order valence-corrected chi connectivity index (χ4v) is 8.25. The largest absolute Gasteiger partial charge is 0.310 e. The second kappa shape index (κ2) is 15.0. The van der Waals surface area contributed by atoms with Crippen LogP contribution in [0.5, 0.6) is 0 Å². The van der Waals surface area contributed by atoms with Crippen molar-refractivity contribution in [3.63, 3.8) is 0 Å². The highest BCUT2D eigenvalue weighted by Crippen LogP contribution is 2.42. The standard InChI is InChI=1S/C56H39N/c1-3-14-40(15-4-1)46-22-11-23-50(38-46)57(49-35-30-45(31-36-49)52-26-12-20-43-18-7-9-24-51(43)52)48-33-28-41(29-34-48)47-32-37-54(42-16-5-2-6-17-42)56(39-47)55-27-13-21-44-19-8-10-25-53(44)55/h1-39H. The third-order valence-corrected chi connectivity index (χ3v) is 11.1. The molecule has 0 atom stereocenters. The molecule has 1 nitrogen and oxygen atoms in total. The minimum Gasteiger partial charge on any atom is -0.310 e. The molecule has 0 amide bonds. The number of benzene rings is 10. The minimum atomic E-state index is 1.09. The molecule has 0 aromatic heterocycles. The number of hydrogen-bond donors (Lipinski definition) is 0. The van der Waals surface area contributed by atoms with Crippen LogP contribution in [-0.4, -0.2) is 0 Å². The molecule has 0 heterocycles. The summed E-state index contributed by atoms with van der Waals surface area (Å²) in [5.74, 6) is 0. The first-order valence-electron chi connectivity index (χ1n) is 19.6. The van der Waals surface area contributed by atoms with Crippen molar-refractivity contribution in [2.45, 2.75) is 0 Å². The van der Waals surface area contributed by atoms with Crippen LogP contribution in [0.25, 0.3) is 77.2 Å². The highest BCUT2D eigenvalue weighted by molar-refractivity contribution is 6.01. The molecule has 10 rings (SSSR count). The maximum absolute atomic E-state index is 2.37. The molecule has 0 aliphatic carbocycles. The molecule has 10 aromatic carbocycles. The molecule has 0 saturated heterocycles. The Kier molecular flexibility index (Phi) is 8.95. The molecule has 0 saturated carbocycles. The zero-order valence-electron chi connectivity index (χ0n) is 31.5. The summed E-state index contributed by atoms with van der Waals surface area (Å²) in [7, 11) is 0. The Morgan fingerprint density at radius 2 is 0.649 bits per heavy atom. The van der Waals surface area contributed by atoms with Gasteiger partial charge in [0.2, 0.25) is 0 Å². The average Bonchev–Trinajstić information content (AvgIpc) is 3.30. The van der Waals surface area contributed by atoms with E-state index in [-0.39, 0.29) is 0 Å². The SMILES string of the molecule is c1ccc(-c2cccc(N(c3ccc(-c4ccc(-c5ccccc5)c(-c5cccc6ccccc56)c4)cc3)c3ccc(-c4cccc5ccccc45)cc3)c2)cc1. The van der Waals surface area contributed by atoms with Crippen molar-refractivity contribution < 1.29 is 0 Å². The van der Waals surface area contributed by atoms with Gasteiger partial charge in [0.05, 0.1) is 0 Å². The fraction of sp³-hybridized carbons (Fsp3) is 0. The highest BCUT2D eigenvalue weighted by atomic mass is 15.1. The molecule has 10 aromatic rings. The molecule has 57 heavy (non-hydrogen) atoms. The maximum atomic E-state index is 2.37. The molecule has 0 bridgehead atoms. The third kappa shape index (κ3) is 6.66. The lowest BCUT2D eigenvalue weighted by Gasteiger charge is -2.26. The first kappa shape index (κ1) is 34.0. The molecule has 268 valence electrons. The van der Waals surface area contributed by atoms with Gasteiger partial charge in [-0.3, -0.25) is 0 Å². The summed E-state index contributed by atoms with van der Waals surface area (Å²) < 4.78 is 0. The lowest BCUT2D eigenvalue weighted by molar-refractivity contribution is 1.28. The minimum absolute atomic E-state index is 1.09. The van der Waals surface area contributed by atoms with E-state index in [0.717, 1.165) is 17.1 Å². The van der Waals surface area contributed by atoms with E-state index < -0.39 is 0 Å². The van der Waals surface area contributed by atoms with E-state index in [0.29, 0.717) is 0 Å². The molecule has 0 N–H and O–H groups in total. The second-order valence-electron chi connectivity index (χ2n) is 14.5. The van der Waals surface area contributed by atoms with Crippen molar-refractivity contribution >= 4 is 38.6 Å². The molecular formula is C56H39N. The second-order valence-corrected chi connectivity index (χ2v) is 14.5. The molecule has 0 unspecified atom stereocenters. The molecule has 0 radical (unpaired) electrons. The zero-order chi connectivity index (χ0) is 38.0. The van der Waals surface area contributed by atoms with Crippen LogP contribution in [0.2, 0.25) is 0 Å². The Hall–Kier alpha value is -7.48. The van der Waals surface area contributed by atoms with E-state index in [4.69, 9.17) is 0 Å². The molecule has 0 aliphatic rings. The predicted octanol–water partition coefficient (Wildman–Crippen LogP) is 15.8. The lowest BCUT2D eigenvalue weighted by Crippen LogP contribution is -2.10. The van der Waals surface area contributed by atoms with Gasteiger partial charge in [-0.05, 0) is 120 Å². The van der Waals surface area contributed by atoms with Gasteiger partial charge in [-0.15, -0.1) is 0 Å². The Labute approximate surface area is 334 Å². The van der Waals surface area contributed by atoms with E-state index >= 15 is 0 Å². The topological polar surface area (TPSA) is 3.24 Å². The quantitative estimate of drug-likeness (QED) is 0.151. The molecular weight excluding hydrogens is 687 g/mol. The Morgan fingerprint density at radius 3 is 1.32 bits per heavy atom. The number of hydrogen-bond acceptors (Lipinski definition) is 1. The van der Waals surface area contributed by atoms with Crippen molar-refractivity contribution in [3.05, 3.63) is 237 Å². The van der Waals surface area contributed by atoms with E-state index in [1.54, 1.807) is 0 Å². The van der Waals surface area contributed by atoms with Crippen LogP contribution in [0.1, 0.15) is 0 Å². The van der Waals surface area contributed by atoms with Gasteiger partial charge in [0.1, 0.15) is 0 Å². The monoisotopic (exact) mass is 725 g/mol. The summed E-state index contributed by atoms with van der Waals surface area (Å²) in [6.45, 7) is 0. The summed E-state index contributed by atoms with van der Waals surface area (Å²) in [5.41, 5.74) is 15.4. The maximum Gasteiger partial charge on any atom is 0.0467 e. The number of rotatable bonds is 8. The van der Waals surface area contributed by atoms with Crippen LogP contribution in [0.3, 0.4) is 0 Å². The summed E-state index contributed by atoms with van der Waals surface area (Å²) in [6.07, 6.45) is 0. The zero-order valence-corrected chi connectivity index (χ0v) is 31.5. The smallest absolute Gasteiger partial charge is 0.0467 e. The number of anilines is 3.